The van der Waals surface area contributed by atoms with Gasteiger partial charge in [-0.1, -0.05) is 6.07 Å². The monoisotopic (exact) mass is 404 g/mol. The average Bonchev–Trinajstić information content (AvgIpc) is 3.21. The molecule has 3 rings (SSSR count). The molecule has 1 aliphatic rings. The van der Waals surface area contributed by atoms with Crippen LogP contribution in [-0.4, -0.2) is 41.6 Å². The fourth-order valence-corrected chi connectivity index (χ4v) is 3.00. The zero-order valence-corrected chi connectivity index (χ0v) is 15.3. The molecular weight excluding hydrogens is 385 g/mol. The molecule has 2 aromatic rings. The smallest absolute Gasteiger partial charge is 0.422 e. The fraction of sp³-hybridized carbons (Fsp3) is 0.412. The highest BCUT2D eigenvalue weighted by atomic mass is 35.5. The number of alkyl halides is 3. The van der Waals surface area contributed by atoms with E-state index < -0.39 is 12.8 Å². The van der Waals surface area contributed by atoms with Gasteiger partial charge in [0.15, 0.2) is 6.61 Å². The number of carbonyl (C=O) groups excluding carboxylic acids is 1. The number of aryl methyl sites for hydroxylation is 1. The van der Waals surface area contributed by atoms with E-state index in [2.05, 4.69) is 15.7 Å². The Bertz CT molecular complexity index is 782. The van der Waals surface area contributed by atoms with Gasteiger partial charge in [-0.15, -0.1) is 12.4 Å². The van der Waals surface area contributed by atoms with Crippen molar-refractivity contribution in [2.24, 2.45) is 13.0 Å². The molecule has 1 saturated heterocycles. The zero-order valence-electron chi connectivity index (χ0n) is 14.5. The molecule has 0 radical (unpaired) electrons. The highest BCUT2D eigenvalue weighted by Crippen LogP contribution is 2.29. The van der Waals surface area contributed by atoms with E-state index >= 15 is 0 Å². The van der Waals surface area contributed by atoms with Crippen molar-refractivity contribution in [2.75, 3.05) is 25.0 Å². The minimum atomic E-state index is -4.41. The molecule has 1 fully saturated rings. The molecule has 1 aromatic heterocycles. The van der Waals surface area contributed by atoms with Gasteiger partial charge in [-0.05, 0) is 17.7 Å². The summed E-state index contributed by atoms with van der Waals surface area (Å²) in [4.78, 5) is 12.6. The summed E-state index contributed by atoms with van der Waals surface area (Å²) >= 11 is 0. The number of amides is 1. The third kappa shape index (κ3) is 5.61. The summed E-state index contributed by atoms with van der Waals surface area (Å²) in [7, 11) is 1.81. The maximum absolute atomic E-state index is 12.6. The third-order valence-corrected chi connectivity index (χ3v) is 4.21. The molecule has 0 aliphatic carbocycles. The van der Waals surface area contributed by atoms with Crippen LogP contribution in [0.1, 0.15) is 11.5 Å². The van der Waals surface area contributed by atoms with Crippen LogP contribution in [-0.2, 0) is 11.8 Å². The SMILES string of the molecule is Cl.Cn1cc([C@H]2CNC[C@@H]2C(=O)Nc2cccc(OCC(F)(F)F)c2)cn1. The summed E-state index contributed by atoms with van der Waals surface area (Å²) in [6, 6.07) is 5.94. The molecule has 148 valence electrons. The molecule has 1 aliphatic heterocycles. The lowest BCUT2D eigenvalue weighted by molar-refractivity contribution is -0.153. The first kappa shape index (κ1) is 21.0. The minimum absolute atomic E-state index is 0. The van der Waals surface area contributed by atoms with Crippen molar-refractivity contribution < 1.29 is 22.7 Å². The Labute approximate surface area is 160 Å². The second-order valence-corrected chi connectivity index (χ2v) is 6.24. The van der Waals surface area contributed by atoms with Crippen LogP contribution >= 0.6 is 12.4 Å². The highest BCUT2D eigenvalue weighted by molar-refractivity contribution is 5.93. The van der Waals surface area contributed by atoms with Gasteiger partial charge in [0.05, 0.1) is 12.1 Å². The van der Waals surface area contributed by atoms with Crippen LogP contribution in [0.4, 0.5) is 18.9 Å². The van der Waals surface area contributed by atoms with Gasteiger partial charge in [-0.2, -0.15) is 18.3 Å². The summed E-state index contributed by atoms with van der Waals surface area (Å²) in [6.07, 6.45) is -0.793. The van der Waals surface area contributed by atoms with Crippen LogP contribution < -0.4 is 15.4 Å². The molecule has 27 heavy (non-hydrogen) atoms. The number of halogens is 4. The third-order valence-electron chi connectivity index (χ3n) is 4.21. The van der Waals surface area contributed by atoms with Gasteiger partial charge in [0.25, 0.3) is 0 Å². The average molecular weight is 405 g/mol. The second-order valence-electron chi connectivity index (χ2n) is 6.24. The van der Waals surface area contributed by atoms with Gasteiger partial charge < -0.3 is 15.4 Å². The first-order valence-electron chi connectivity index (χ1n) is 8.11. The Morgan fingerprint density at radius 3 is 2.85 bits per heavy atom. The quantitative estimate of drug-likeness (QED) is 0.804. The first-order chi connectivity index (χ1) is 12.3. The molecule has 0 unspecified atom stereocenters. The van der Waals surface area contributed by atoms with Crippen LogP contribution in [0.2, 0.25) is 0 Å². The van der Waals surface area contributed by atoms with Crippen molar-refractivity contribution in [3.05, 3.63) is 42.2 Å². The predicted molar refractivity (Wildman–Crippen MR) is 96.2 cm³/mol. The predicted octanol–water partition coefficient (Wildman–Crippen LogP) is 2.72. The van der Waals surface area contributed by atoms with Gasteiger partial charge >= 0.3 is 6.18 Å². The molecule has 10 heteroatoms. The lowest BCUT2D eigenvalue weighted by Crippen LogP contribution is -2.28. The summed E-state index contributed by atoms with van der Waals surface area (Å²) < 4.78 is 43.2. The van der Waals surface area contributed by atoms with Gasteiger partial charge in [-0.3, -0.25) is 9.48 Å². The Morgan fingerprint density at radius 2 is 2.19 bits per heavy atom. The van der Waals surface area contributed by atoms with E-state index in [4.69, 9.17) is 4.74 Å². The van der Waals surface area contributed by atoms with E-state index in [0.29, 0.717) is 18.8 Å². The minimum Gasteiger partial charge on any atom is -0.484 e. The van der Waals surface area contributed by atoms with Crippen molar-refractivity contribution in [1.82, 2.24) is 15.1 Å². The molecule has 6 nitrogen and oxygen atoms in total. The molecular formula is C17H20ClF3N4O2. The van der Waals surface area contributed by atoms with Gasteiger partial charge in [0.2, 0.25) is 5.91 Å². The van der Waals surface area contributed by atoms with Gasteiger partial charge in [0.1, 0.15) is 5.75 Å². The van der Waals surface area contributed by atoms with Crippen molar-refractivity contribution >= 4 is 24.0 Å². The maximum atomic E-state index is 12.6. The molecule has 2 atom stereocenters. The molecule has 1 aromatic carbocycles. The molecule has 0 bridgehead atoms. The van der Waals surface area contributed by atoms with Gasteiger partial charge in [-0.25, -0.2) is 0 Å². The molecule has 0 saturated carbocycles. The second kappa shape index (κ2) is 8.62. The lowest BCUT2D eigenvalue weighted by atomic mass is 9.90. The van der Waals surface area contributed by atoms with Gasteiger partial charge in [0, 0.05) is 44.0 Å². The van der Waals surface area contributed by atoms with Crippen LogP contribution in [0.5, 0.6) is 5.75 Å². The number of benzene rings is 1. The Hall–Kier alpha value is -2.26. The Kier molecular flexibility index (Phi) is 6.72. The number of nitrogens with zero attached hydrogens (tertiary/aromatic N) is 2. The molecule has 2 N–H and O–H groups in total. The standard InChI is InChI=1S/C17H19F3N4O2.ClH/c1-24-9-11(6-22-24)14-7-21-8-15(14)16(25)23-12-3-2-4-13(5-12)26-10-17(18,19)20;/h2-6,9,14-15,21H,7-8,10H2,1H3,(H,23,25);1H/t14-,15+;/m1./s1. The van der Waals surface area contributed by atoms with Crippen molar-refractivity contribution in [3.63, 3.8) is 0 Å². The van der Waals surface area contributed by atoms with E-state index in [1.165, 1.54) is 18.2 Å². The number of aromatic nitrogens is 2. The van der Waals surface area contributed by atoms with Crippen LogP contribution in [0, 0.1) is 5.92 Å². The van der Waals surface area contributed by atoms with Crippen LogP contribution in [0.15, 0.2) is 36.7 Å². The number of anilines is 1. The summed E-state index contributed by atoms with van der Waals surface area (Å²) in [6.45, 7) is -0.186. The molecule has 1 amide bonds. The Morgan fingerprint density at radius 1 is 1.41 bits per heavy atom. The number of nitrogens with one attached hydrogen (secondary N) is 2. The van der Waals surface area contributed by atoms with Crippen LogP contribution in [0.3, 0.4) is 0 Å². The number of ether oxygens (including phenoxy) is 1. The summed E-state index contributed by atoms with van der Waals surface area (Å²) in [5.41, 5.74) is 1.37. The number of hydrogen-bond acceptors (Lipinski definition) is 4. The number of rotatable bonds is 5. The van der Waals surface area contributed by atoms with Crippen LogP contribution in [0.25, 0.3) is 0 Å². The van der Waals surface area contributed by atoms with Crippen molar-refractivity contribution in [3.8, 4) is 5.75 Å². The first-order valence-corrected chi connectivity index (χ1v) is 8.11. The van der Waals surface area contributed by atoms with E-state index in [1.54, 1.807) is 16.9 Å². The van der Waals surface area contributed by atoms with E-state index in [1.807, 2.05) is 13.2 Å². The van der Waals surface area contributed by atoms with E-state index in [-0.39, 0.29) is 35.9 Å². The number of hydrogen-bond donors (Lipinski definition) is 2. The summed E-state index contributed by atoms with van der Waals surface area (Å²) in [5, 5.41) is 10.1. The molecule has 2 heterocycles. The van der Waals surface area contributed by atoms with E-state index in [9.17, 15) is 18.0 Å². The zero-order chi connectivity index (χ0) is 18.7. The van der Waals surface area contributed by atoms with Crippen molar-refractivity contribution in [1.29, 1.82) is 0 Å². The summed E-state index contributed by atoms with van der Waals surface area (Å²) in [5.74, 6) is -0.447. The maximum Gasteiger partial charge on any atom is 0.422 e. The normalized spacial score (nSPS) is 19.4. The lowest BCUT2D eigenvalue weighted by Gasteiger charge is -2.17. The Balaban J connectivity index is 0.00000261. The molecule has 0 spiro atoms. The topological polar surface area (TPSA) is 68.2 Å². The number of carbonyl (C=O) groups is 1. The fourth-order valence-electron chi connectivity index (χ4n) is 3.00. The largest absolute Gasteiger partial charge is 0.484 e. The van der Waals surface area contributed by atoms with E-state index in [0.717, 1.165) is 5.56 Å². The van der Waals surface area contributed by atoms with Crippen molar-refractivity contribution in [2.45, 2.75) is 12.1 Å². The highest BCUT2D eigenvalue weighted by Gasteiger charge is 2.34.